The monoisotopic (exact) mass is 426 g/mol. The van der Waals surface area contributed by atoms with Crippen molar-refractivity contribution in [2.45, 2.75) is 33.7 Å². The van der Waals surface area contributed by atoms with Gasteiger partial charge in [0.1, 0.15) is 12.2 Å². The van der Waals surface area contributed by atoms with Crippen LogP contribution in [-0.4, -0.2) is 83.7 Å². The number of amides is 3. The quantitative estimate of drug-likeness (QED) is 0.681. The second-order valence-electron chi connectivity index (χ2n) is 9.13. The fourth-order valence-corrected chi connectivity index (χ4v) is 4.02. The second-order valence-corrected chi connectivity index (χ2v) is 9.13. The lowest BCUT2D eigenvalue weighted by Gasteiger charge is -2.34. The van der Waals surface area contributed by atoms with Gasteiger partial charge >= 0.3 is 12.0 Å². The highest BCUT2D eigenvalue weighted by molar-refractivity contribution is 6.24. The summed E-state index contributed by atoms with van der Waals surface area (Å²) >= 11 is 0. The van der Waals surface area contributed by atoms with Crippen LogP contribution in [0, 0.1) is 12.3 Å². The molecule has 1 fully saturated rings. The zero-order valence-corrected chi connectivity index (χ0v) is 18.8. The van der Waals surface area contributed by atoms with E-state index in [2.05, 4.69) is 4.99 Å². The van der Waals surface area contributed by atoms with Gasteiger partial charge in [0.2, 0.25) is 11.9 Å². The average Bonchev–Trinajstić information content (AvgIpc) is 3.28. The number of methoxy groups -OCH3 is 1. The molecule has 9 heteroatoms. The largest absolute Gasteiger partial charge is 0.493 e. The van der Waals surface area contributed by atoms with E-state index in [4.69, 9.17) is 4.74 Å². The molecule has 1 atom stereocenters. The van der Waals surface area contributed by atoms with Crippen molar-refractivity contribution in [3.05, 3.63) is 23.8 Å². The third-order valence-corrected chi connectivity index (χ3v) is 5.96. The Kier molecular flexibility index (Phi) is 4.87. The number of hydrogen-bond acceptors (Lipinski definition) is 6. The number of carbonyl (C=O) groups is 3. The molecular weight excluding hydrogens is 398 g/mol. The number of benzene rings is 1. The Labute approximate surface area is 181 Å². The van der Waals surface area contributed by atoms with Crippen LogP contribution >= 0.6 is 0 Å². The van der Waals surface area contributed by atoms with Gasteiger partial charge in [0, 0.05) is 12.5 Å². The number of nitrogens with zero attached hydrogens (tertiary/aromatic N) is 5. The molecule has 31 heavy (non-hydrogen) atoms. The van der Waals surface area contributed by atoms with Crippen molar-refractivity contribution >= 4 is 35.2 Å². The van der Waals surface area contributed by atoms with Gasteiger partial charge in [-0.1, -0.05) is 31.8 Å². The van der Waals surface area contributed by atoms with Crippen LogP contribution in [0.25, 0.3) is 0 Å². The number of amidine groups is 1. The van der Waals surface area contributed by atoms with Gasteiger partial charge in [0.25, 0.3) is 5.91 Å². The van der Waals surface area contributed by atoms with E-state index in [9.17, 15) is 14.4 Å². The molecule has 0 saturated carbocycles. The summed E-state index contributed by atoms with van der Waals surface area (Å²) in [5.41, 5.74) is 1.30. The maximum atomic E-state index is 13.3. The smallest absolute Gasteiger partial charge is 0.397 e. The van der Waals surface area contributed by atoms with Crippen molar-refractivity contribution in [1.82, 2.24) is 9.80 Å². The first-order valence-corrected chi connectivity index (χ1v) is 10.3. The number of aryl methyl sites for hydroxylation is 1. The Hall–Kier alpha value is -3.23. The first-order chi connectivity index (χ1) is 14.5. The molecule has 3 amide bonds. The number of rotatable bonds is 4. The molecule has 3 heterocycles. The minimum Gasteiger partial charge on any atom is -0.493 e. The molecule has 0 spiro atoms. The normalized spacial score (nSPS) is 20.9. The van der Waals surface area contributed by atoms with Crippen LogP contribution in [0.5, 0.6) is 5.75 Å². The summed E-state index contributed by atoms with van der Waals surface area (Å²) in [7, 11) is 3.21. The van der Waals surface area contributed by atoms with E-state index >= 15 is 0 Å². The molecule has 0 bridgehead atoms. The fraction of sp³-hybridized carbons (Fsp3) is 0.500. The molecule has 1 saturated heterocycles. The van der Waals surface area contributed by atoms with Crippen molar-refractivity contribution in [2.24, 2.45) is 10.4 Å². The number of likely N-dealkylation sites (N-methyl/N-ethyl adjacent to an activating group) is 1. The summed E-state index contributed by atoms with van der Waals surface area (Å²) in [6.45, 7) is 8.29. The highest BCUT2D eigenvalue weighted by Crippen LogP contribution is 2.33. The molecule has 4 rings (SSSR count). The van der Waals surface area contributed by atoms with E-state index in [1.807, 2.05) is 34.6 Å². The van der Waals surface area contributed by atoms with Gasteiger partial charge in [-0.15, -0.1) is 0 Å². The predicted molar refractivity (Wildman–Crippen MR) is 116 cm³/mol. The SMILES string of the molecule is COc1ccc(C)cc1N1CC[N+]2=C1N=C1C2C(=O)N(CC(=O)C(C)(C)C)C(=O)N1C. The molecule has 0 N–H and O–H groups in total. The maximum Gasteiger partial charge on any atom is 0.397 e. The number of Topliss-reactive ketones (excluding diaryl/α,β-unsaturated/α-hetero) is 1. The summed E-state index contributed by atoms with van der Waals surface area (Å²) in [5.74, 6) is 1.13. The standard InChI is InChI=1S/C22H28N5O4/c1-13-7-8-15(31-6)14(11-13)25-9-10-26-17-18(23-20(25)26)24(5)21(30)27(19(17)29)12-16(28)22(2,3)4/h7-8,11,17H,9-10,12H2,1-6H3/q+1. The van der Waals surface area contributed by atoms with Gasteiger partial charge in [-0.2, -0.15) is 0 Å². The molecule has 3 aliphatic rings. The Morgan fingerprint density at radius 2 is 2.00 bits per heavy atom. The van der Waals surface area contributed by atoms with Gasteiger partial charge in [0.05, 0.1) is 20.2 Å². The van der Waals surface area contributed by atoms with Crippen LogP contribution in [0.3, 0.4) is 0 Å². The highest BCUT2D eigenvalue weighted by Gasteiger charge is 2.56. The average molecular weight is 426 g/mol. The number of anilines is 1. The minimum absolute atomic E-state index is 0.169. The summed E-state index contributed by atoms with van der Waals surface area (Å²) in [4.78, 5) is 47.9. The van der Waals surface area contributed by atoms with Crippen LogP contribution < -0.4 is 9.64 Å². The molecule has 0 aromatic heterocycles. The Bertz CT molecular complexity index is 1050. The second kappa shape index (κ2) is 7.18. The first-order valence-electron chi connectivity index (χ1n) is 10.3. The molecule has 1 aromatic rings. The first kappa shape index (κ1) is 21.0. The molecule has 9 nitrogen and oxygen atoms in total. The molecular formula is C22H28N5O4+. The molecule has 164 valence electrons. The Morgan fingerprint density at radius 3 is 2.65 bits per heavy atom. The molecule has 3 aliphatic heterocycles. The molecule has 0 aliphatic carbocycles. The Morgan fingerprint density at radius 1 is 1.29 bits per heavy atom. The number of ketones is 1. The summed E-state index contributed by atoms with van der Waals surface area (Å²) in [6.07, 6.45) is 0. The van der Waals surface area contributed by atoms with Crippen LogP contribution in [0.4, 0.5) is 10.5 Å². The van der Waals surface area contributed by atoms with Crippen molar-refractivity contribution in [3.63, 3.8) is 0 Å². The lowest BCUT2D eigenvalue weighted by Crippen LogP contribution is -2.63. The minimum atomic E-state index is -0.716. The summed E-state index contributed by atoms with van der Waals surface area (Å²) in [6, 6.07) is 4.65. The topological polar surface area (TPSA) is 85.5 Å². The van der Waals surface area contributed by atoms with Crippen molar-refractivity contribution in [3.8, 4) is 5.75 Å². The van der Waals surface area contributed by atoms with E-state index in [1.54, 1.807) is 34.9 Å². The number of ether oxygens (including phenoxy) is 1. The summed E-state index contributed by atoms with van der Waals surface area (Å²) in [5, 5.41) is 0. The maximum absolute atomic E-state index is 13.3. The van der Waals surface area contributed by atoms with E-state index in [-0.39, 0.29) is 12.3 Å². The van der Waals surface area contributed by atoms with Gasteiger partial charge in [-0.05, 0) is 24.6 Å². The van der Waals surface area contributed by atoms with Crippen LogP contribution in [0.1, 0.15) is 26.3 Å². The van der Waals surface area contributed by atoms with E-state index in [0.29, 0.717) is 30.6 Å². The number of carbonyl (C=O) groups excluding carboxylic acids is 3. The van der Waals surface area contributed by atoms with Crippen LogP contribution in [-0.2, 0) is 9.59 Å². The van der Waals surface area contributed by atoms with Crippen LogP contribution in [0.2, 0.25) is 0 Å². The van der Waals surface area contributed by atoms with E-state index in [1.165, 1.54) is 4.90 Å². The number of urea groups is 1. The molecule has 1 unspecified atom stereocenters. The lowest BCUT2D eigenvalue weighted by molar-refractivity contribution is -0.525. The van der Waals surface area contributed by atoms with Crippen molar-refractivity contribution < 1.29 is 23.7 Å². The van der Waals surface area contributed by atoms with Gasteiger partial charge in [-0.25, -0.2) is 14.3 Å². The lowest BCUT2D eigenvalue weighted by atomic mass is 9.90. The zero-order valence-electron chi connectivity index (χ0n) is 18.8. The number of hydrogen-bond donors (Lipinski definition) is 0. The van der Waals surface area contributed by atoms with Crippen molar-refractivity contribution in [2.75, 3.05) is 38.7 Å². The Balaban J connectivity index is 1.71. The van der Waals surface area contributed by atoms with E-state index < -0.39 is 23.4 Å². The fourth-order valence-electron chi connectivity index (χ4n) is 4.02. The molecule has 0 radical (unpaired) electrons. The summed E-state index contributed by atoms with van der Waals surface area (Å²) < 4.78 is 7.43. The van der Waals surface area contributed by atoms with Gasteiger partial charge in [0.15, 0.2) is 11.5 Å². The van der Waals surface area contributed by atoms with Gasteiger partial charge in [-0.3, -0.25) is 19.4 Å². The van der Waals surface area contributed by atoms with Crippen LogP contribution in [0.15, 0.2) is 23.2 Å². The number of aliphatic imine (C=N–C) groups is 1. The number of guanidine groups is 1. The third kappa shape index (κ3) is 3.28. The number of imide groups is 1. The van der Waals surface area contributed by atoms with Gasteiger partial charge < -0.3 is 4.74 Å². The highest BCUT2D eigenvalue weighted by atomic mass is 16.5. The van der Waals surface area contributed by atoms with Crippen molar-refractivity contribution in [1.29, 1.82) is 0 Å². The van der Waals surface area contributed by atoms with E-state index in [0.717, 1.165) is 16.2 Å². The predicted octanol–water partition coefficient (Wildman–Crippen LogP) is 1.48. The number of fused-ring (bicyclic) bond motifs is 2. The zero-order chi connectivity index (χ0) is 22.7. The third-order valence-electron chi connectivity index (χ3n) is 5.96. The molecule has 1 aromatic carbocycles.